The van der Waals surface area contributed by atoms with Gasteiger partial charge in [0, 0.05) is 18.5 Å². The Morgan fingerprint density at radius 3 is 1.72 bits per heavy atom. The first-order valence-corrected chi connectivity index (χ1v) is 35.3. The Labute approximate surface area is 481 Å². The summed E-state index contributed by atoms with van der Waals surface area (Å²) in [6, 6.07) is -1.15. The molecule has 17 atom stereocenters. The summed E-state index contributed by atoms with van der Waals surface area (Å²) in [6.07, 6.45) is 25.5. The molecule has 3 saturated heterocycles. The zero-order valence-corrected chi connectivity index (χ0v) is 53.5. The van der Waals surface area contributed by atoms with Gasteiger partial charge in [0.2, 0.25) is 5.91 Å². The second-order valence-electron chi connectivity index (χ2n) is 28.9. The van der Waals surface area contributed by atoms with Crippen LogP contribution in [0, 0.1) is 29.1 Å². The molecule has 3 saturated carbocycles. The first-order valence-electron chi connectivity index (χ1n) is 32.9. The van der Waals surface area contributed by atoms with Gasteiger partial charge >= 0.3 is 184 Å². The number of aliphatic hydroxyl groups is 5. The molecule has 0 radical (unpaired) electrons. The Hall–Kier alpha value is -0.990. The number of carbonyl (C=O) groups excluding carboxylic acids is 2. The smallest absolute Gasteiger partial charge is 0.126 e. The quantitative estimate of drug-likeness (QED) is 0.0418. The van der Waals surface area contributed by atoms with E-state index in [4.69, 9.17) is 18.9 Å². The molecule has 6 rings (SSSR count). The molecule has 0 bridgehead atoms. The Bertz CT molecular complexity index is 1790. The largest absolute Gasteiger partial charge is 0.388 e. The Morgan fingerprint density at radius 1 is 0.722 bits per heavy atom. The van der Waals surface area contributed by atoms with E-state index in [0.717, 1.165) is 36.2 Å². The van der Waals surface area contributed by atoms with Gasteiger partial charge < -0.3 is 54.3 Å². The SMILES string of the molecule is CC[C@H]1OC(=O)[C@H](C)[C@@H](C2CC(C)(C)[C@@H](O)[C@H](C)O2)[C@H](C)[C@@H](O[C@@H]2O[C@H](C)C[C@H](N(C)C)[C@H]2O)[C@](C)(O)C[C@@H](C)CN(C(=O)CCCCCCCCCCCC[PH](C2CCCC2)(C2CCCC2)C2CCCC2)[C@H](C)[C@@H](O)[C@]1(C)O. The van der Waals surface area contributed by atoms with Crippen molar-refractivity contribution < 1.29 is 54.1 Å². The molecular formula is C65H121N2O11P. The fourth-order valence-corrected chi connectivity index (χ4v) is 26.2. The maximum absolute atomic E-state index is 14.8. The first-order chi connectivity index (χ1) is 37.3. The van der Waals surface area contributed by atoms with Crippen LogP contribution < -0.4 is 0 Å². The van der Waals surface area contributed by atoms with Crippen LogP contribution in [0.1, 0.15) is 250 Å². The van der Waals surface area contributed by atoms with Crippen molar-refractivity contribution in [2.24, 2.45) is 29.1 Å². The molecule has 3 aliphatic heterocycles. The summed E-state index contributed by atoms with van der Waals surface area (Å²) < 4.78 is 26.3. The third-order valence-electron chi connectivity index (χ3n) is 22.0. The van der Waals surface area contributed by atoms with Gasteiger partial charge in [-0.05, 0) is 91.6 Å². The summed E-state index contributed by atoms with van der Waals surface area (Å²) >= 11 is 0. The molecule has 0 aromatic rings. The zero-order chi connectivity index (χ0) is 58.0. The number of amides is 1. The van der Waals surface area contributed by atoms with Crippen molar-refractivity contribution in [3.05, 3.63) is 0 Å². The number of hydrogen-bond acceptors (Lipinski definition) is 12. The number of hydrogen-bond donors (Lipinski definition) is 5. The Balaban J connectivity index is 1.12. The number of unbranched alkanes of at least 4 members (excludes halogenated alkanes) is 9. The van der Waals surface area contributed by atoms with Gasteiger partial charge in [-0.15, -0.1) is 0 Å². The standard InChI is InChI=1S/C65H121N2O11P/c1-14-54-65(11,74)58(70)47(6)67(55(68)37-23-21-19-17-15-16-18-20-22-30-38-79(49-31-24-25-32-49,50-33-26-27-34-50)51-35-28-29-36-51)42-43(2)40-64(10,73)60(78-62-57(69)52(66(12)13)39-44(3)75-62)45(4)56(46(5)61(72)77-54)53-41-63(8,9)59(71)48(7)76-53/h43-54,56-60,62,69-71,73-74,79H,14-42H2,1-13H3/t43-,44-,45+,46-,47-,48+,52+,53?,54-,56+,57-,58-,59+,60-,62+,64-,65-/m1/s1. The fraction of sp³-hybridized carbons (Fsp3) is 0.969. The summed E-state index contributed by atoms with van der Waals surface area (Å²) in [5.74, 6) is -3.24. The minimum Gasteiger partial charge on any atom is -0.388 e. The molecule has 462 valence electrons. The topological polar surface area (TPSA) is 179 Å². The van der Waals surface area contributed by atoms with Gasteiger partial charge in [-0.2, -0.15) is 0 Å². The zero-order valence-electron chi connectivity index (χ0n) is 52.5. The number of esters is 1. The molecule has 3 heterocycles. The van der Waals surface area contributed by atoms with Crippen molar-refractivity contribution in [1.82, 2.24) is 9.80 Å². The van der Waals surface area contributed by atoms with E-state index in [1.54, 1.807) is 77.3 Å². The summed E-state index contributed by atoms with van der Waals surface area (Å²) in [7, 11) is 2.53. The molecule has 14 heteroatoms. The molecule has 5 N–H and O–H groups in total. The number of carbonyl (C=O) groups is 2. The Morgan fingerprint density at radius 2 is 1.23 bits per heavy atom. The number of ether oxygens (including phenoxy) is 4. The molecule has 6 aliphatic rings. The van der Waals surface area contributed by atoms with Crippen molar-refractivity contribution >= 4 is 19.1 Å². The molecule has 6 fully saturated rings. The van der Waals surface area contributed by atoms with Gasteiger partial charge in [-0.3, -0.25) is 9.59 Å². The minimum absolute atomic E-state index is 0.130. The molecule has 13 nitrogen and oxygen atoms in total. The summed E-state index contributed by atoms with van der Waals surface area (Å²) in [4.78, 5) is 33.0. The number of aliphatic hydroxyl groups excluding tert-OH is 3. The molecule has 0 spiro atoms. The molecule has 79 heavy (non-hydrogen) atoms. The minimum atomic E-state index is -1.94. The second kappa shape index (κ2) is 29.9. The van der Waals surface area contributed by atoms with Crippen LogP contribution in [0.15, 0.2) is 0 Å². The molecule has 1 unspecified atom stereocenters. The van der Waals surface area contributed by atoms with Crippen LogP contribution in [-0.2, 0) is 28.5 Å². The number of likely N-dealkylation sites (N-methyl/N-ethyl adjacent to an activating group) is 1. The summed E-state index contributed by atoms with van der Waals surface area (Å²) in [5, 5.41) is 60.7. The normalized spacial score (nSPS) is 39.5. The third-order valence-corrected chi connectivity index (χ3v) is 29.5. The van der Waals surface area contributed by atoms with E-state index in [-0.39, 0.29) is 49.8 Å². The van der Waals surface area contributed by atoms with Crippen molar-refractivity contribution in [3.63, 3.8) is 0 Å². The third kappa shape index (κ3) is 16.5. The van der Waals surface area contributed by atoms with Crippen molar-refractivity contribution in [2.75, 3.05) is 26.8 Å². The van der Waals surface area contributed by atoms with E-state index in [1.165, 1.54) is 84.0 Å². The average molecular weight is 1140 g/mol. The van der Waals surface area contributed by atoms with Gasteiger partial charge in [0.25, 0.3) is 0 Å². The van der Waals surface area contributed by atoms with Crippen LogP contribution >= 0.6 is 7.26 Å². The number of nitrogens with zero attached hydrogens (tertiary/aromatic N) is 2. The monoisotopic (exact) mass is 1140 g/mol. The molecule has 0 aromatic heterocycles. The first kappa shape index (κ1) is 67.1. The molecular weight excluding hydrogens is 1020 g/mol. The van der Waals surface area contributed by atoms with Gasteiger partial charge in [0.1, 0.15) is 23.9 Å². The second-order valence-corrected chi connectivity index (χ2v) is 34.1. The Kier molecular flexibility index (Phi) is 25.4. The van der Waals surface area contributed by atoms with Gasteiger partial charge in [-0.25, -0.2) is 0 Å². The molecule has 3 aliphatic carbocycles. The van der Waals surface area contributed by atoms with E-state index in [0.29, 0.717) is 19.3 Å². The number of rotatable bonds is 21. The van der Waals surface area contributed by atoms with Crippen molar-refractivity contribution in [1.29, 1.82) is 0 Å². The fourth-order valence-electron chi connectivity index (χ4n) is 17.7. The summed E-state index contributed by atoms with van der Waals surface area (Å²) in [6.45, 7) is 20.4. The van der Waals surface area contributed by atoms with E-state index in [2.05, 4.69) is 0 Å². The summed E-state index contributed by atoms with van der Waals surface area (Å²) in [5.41, 5.74) is -0.763. The van der Waals surface area contributed by atoms with Crippen LogP contribution in [0.2, 0.25) is 0 Å². The van der Waals surface area contributed by atoms with Crippen molar-refractivity contribution in [2.45, 2.75) is 345 Å². The van der Waals surface area contributed by atoms with Crippen molar-refractivity contribution in [3.8, 4) is 0 Å². The number of cyclic esters (lactones) is 1. The van der Waals surface area contributed by atoms with Gasteiger partial charge in [0.15, 0.2) is 6.29 Å². The molecule has 1 amide bonds. The van der Waals surface area contributed by atoms with E-state index < -0.39 is 103 Å². The molecule has 0 aromatic carbocycles. The van der Waals surface area contributed by atoms with Crippen LogP contribution in [-0.4, -0.2) is 169 Å². The van der Waals surface area contributed by atoms with E-state index in [1.807, 2.05) is 60.5 Å². The maximum Gasteiger partial charge on any atom is 0.126 e. The van der Waals surface area contributed by atoms with Crippen LogP contribution in [0.3, 0.4) is 0 Å². The predicted octanol–water partition coefficient (Wildman–Crippen LogP) is 11.6. The average Bonchev–Trinajstić information content (AvgIpc) is 4.27. The van der Waals surface area contributed by atoms with Gasteiger partial charge in [-0.1, -0.05) is 41.5 Å². The predicted molar refractivity (Wildman–Crippen MR) is 321 cm³/mol. The van der Waals surface area contributed by atoms with E-state index >= 15 is 0 Å². The van der Waals surface area contributed by atoms with E-state index in [9.17, 15) is 35.1 Å². The van der Waals surface area contributed by atoms with Crippen LogP contribution in [0.5, 0.6) is 0 Å². The van der Waals surface area contributed by atoms with Crippen LogP contribution in [0.25, 0.3) is 0 Å². The van der Waals surface area contributed by atoms with Gasteiger partial charge in [0.05, 0.1) is 48.1 Å². The maximum atomic E-state index is 14.8. The van der Waals surface area contributed by atoms with Crippen LogP contribution in [0.4, 0.5) is 0 Å².